The van der Waals surface area contributed by atoms with Crippen LogP contribution in [0.25, 0.3) is 10.1 Å². The van der Waals surface area contributed by atoms with Crippen molar-refractivity contribution in [1.82, 2.24) is 0 Å². The van der Waals surface area contributed by atoms with E-state index in [1.165, 1.54) is 6.07 Å². The first-order chi connectivity index (χ1) is 13.0. The molecule has 28 heavy (non-hydrogen) atoms. The van der Waals surface area contributed by atoms with Gasteiger partial charge in [0, 0.05) is 29.6 Å². The van der Waals surface area contributed by atoms with Crippen LogP contribution >= 0.6 is 11.3 Å². The number of amides is 1. The van der Waals surface area contributed by atoms with Gasteiger partial charge in [0.1, 0.15) is 16.9 Å². The van der Waals surface area contributed by atoms with Gasteiger partial charge in [-0.2, -0.15) is 5.26 Å². The number of benzene rings is 1. The van der Waals surface area contributed by atoms with E-state index in [0.29, 0.717) is 24.1 Å². The molecule has 0 bridgehead atoms. The lowest BCUT2D eigenvalue weighted by molar-refractivity contribution is 0.0344. The average Bonchev–Trinajstić information content (AvgIpc) is 2.94. The zero-order chi connectivity index (χ0) is 20.9. The van der Waals surface area contributed by atoms with Gasteiger partial charge >= 0.3 is 13.2 Å². The van der Waals surface area contributed by atoms with Crippen LogP contribution in [0.15, 0.2) is 12.1 Å². The fraction of sp³-hybridized carbons (Fsp3) is 0.474. The number of rotatable bonds is 2. The average molecular weight is 404 g/mol. The highest BCUT2D eigenvalue weighted by molar-refractivity contribution is 7.23. The summed E-state index contributed by atoms with van der Waals surface area (Å²) in [6, 6.07) is 4.92. The summed E-state index contributed by atoms with van der Waals surface area (Å²) in [5.74, 6) is -0.512. The van der Waals surface area contributed by atoms with Crippen LogP contribution in [0.2, 0.25) is 0 Å². The SMILES string of the molecule is CC1(C)COB(c2ccc(F)c3sc(N(C(=O)O)C(C)(C)C)c(C#N)c23)OC1. The summed E-state index contributed by atoms with van der Waals surface area (Å²) >= 11 is 0.953. The molecular formula is C19H22BFN2O4S. The maximum atomic E-state index is 14.6. The molecule has 0 atom stereocenters. The Morgan fingerprint density at radius 3 is 2.46 bits per heavy atom. The third-order valence-electron chi connectivity index (χ3n) is 4.49. The minimum Gasteiger partial charge on any atom is -0.465 e. The lowest BCUT2D eigenvalue weighted by atomic mass is 9.73. The molecule has 2 heterocycles. The van der Waals surface area contributed by atoms with Gasteiger partial charge in [-0.1, -0.05) is 19.9 Å². The molecule has 1 amide bonds. The Morgan fingerprint density at radius 1 is 1.36 bits per heavy atom. The second-order valence-corrected chi connectivity index (χ2v) is 9.64. The number of thiophene rings is 1. The van der Waals surface area contributed by atoms with Crippen LogP contribution in [0.1, 0.15) is 40.2 Å². The summed E-state index contributed by atoms with van der Waals surface area (Å²) in [4.78, 5) is 13.0. The van der Waals surface area contributed by atoms with Gasteiger partial charge < -0.3 is 14.4 Å². The van der Waals surface area contributed by atoms with Gasteiger partial charge in [-0.05, 0) is 32.3 Å². The van der Waals surface area contributed by atoms with Crippen molar-refractivity contribution in [2.75, 3.05) is 18.1 Å². The van der Waals surface area contributed by atoms with Gasteiger partial charge in [-0.15, -0.1) is 11.3 Å². The fourth-order valence-corrected chi connectivity index (χ4v) is 4.57. The largest absolute Gasteiger partial charge is 0.494 e. The number of nitrogens with zero attached hydrogens (tertiary/aromatic N) is 2. The Labute approximate surface area is 167 Å². The predicted octanol–water partition coefficient (Wildman–Crippen LogP) is 3.96. The van der Waals surface area contributed by atoms with Gasteiger partial charge in [0.05, 0.1) is 10.3 Å². The van der Waals surface area contributed by atoms with E-state index in [1.54, 1.807) is 26.8 Å². The molecule has 9 heteroatoms. The molecule has 0 unspecified atom stereocenters. The van der Waals surface area contributed by atoms with Crippen molar-refractivity contribution >= 4 is 45.1 Å². The molecule has 0 aliphatic carbocycles. The minimum atomic E-state index is -1.20. The molecule has 1 aliphatic heterocycles. The summed E-state index contributed by atoms with van der Waals surface area (Å²) in [5.41, 5.74) is -0.300. The molecule has 1 fully saturated rings. The molecule has 148 valence electrons. The number of fused-ring (bicyclic) bond motifs is 1. The molecular weight excluding hydrogens is 382 g/mol. The number of anilines is 1. The molecule has 1 aromatic heterocycles. The van der Waals surface area contributed by atoms with E-state index >= 15 is 0 Å². The Morgan fingerprint density at radius 2 is 1.96 bits per heavy atom. The number of carboxylic acid groups (broad SMARTS) is 1. The number of carbonyl (C=O) groups is 1. The number of halogens is 1. The lowest BCUT2D eigenvalue weighted by Gasteiger charge is -2.33. The zero-order valence-corrected chi connectivity index (χ0v) is 17.3. The van der Waals surface area contributed by atoms with Crippen LogP contribution in [0.4, 0.5) is 14.2 Å². The van der Waals surface area contributed by atoms with Crippen LogP contribution in [-0.2, 0) is 9.31 Å². The smallest absolute Gasteiger partial charge is 0.465 e. The highest BCUT2D eigenvalue weighted by Crippen LogP contribution is 2.41. The van der Waals surface area contributed by atoms with E-state index in [0.717, 1.165) is 16.2 Å². The molecule has 3 rings (SSSR count). The number of nitriles is 1. The molecule has 2 aromatic rings. The van der Waals surface area contributed by atoms with E-state index in [1.807, 2.05) is 13.8 Å². The van der Waals surface area contributed by atoms with Gasteiger partial charge in [-0.3, -0.25) is 4.90 Å². The van der Waals surface area contributed by atoms with E-state index < -0.39 is 24.6 Å². The molecule has 6 nitrogen and oxygen atoms in total. The van der Waals surface area contributed by atoms with Crippen molar-refractivity contribution < 1.29 is 23.6 Å². The monoisotopic (exact) mass is 404 g/mol. The van der Waals surface area contributed by atoms with Gasteiger partial charge in [0.2, 0.25) is 0 Å². The normalized spacial score (nSPS) is 16.8. The number of hydrogen-bond donors (Lipinski definition) is 1. The third-order valence-corrected chi connectivity index (χ3v) is 5.67. The molecule has 0 spiro atoms. The molecule has 1 aliphatic rings. The summed E-state index contributed by atoms with van der Waals surface area (Å²) in [6.45, 7) is 10.1. The van der Waals surface area contributed by atoms with Crippen LogP contribution < -0.4 is 10.4 Å². The Balaban J connectivity index is 2.22. The second kappa shape index (κ2) is 7.03. The van der Waals surface area contributed by atoms with Crippen molar-refractivity contribution in [3.05, 3.63) is 23.5 Å². The minimum absolute atomic E-state index is 0.115. The van der Waals surface area contributed by atoms with Crippen molar-refractivity contribution in [3.8, 4) is 6.07 Å². The van der Waals surface area contributed by atoms with Crippen LogP contribution in [0.3, 0.4) is 0 Å². The lowest BCUT2D eigenvalue weighted by Crippen LogP contribution is -2.47. The highest BCUT2D eigenvalue weighted by atomic mass is 32.1. The zero-order valence-electron chi connectivity index (χ0n) is 16.5. The summed E-state index contributed by atoms with van der Waals surface area (Å²) in [7, 11) is -0.737. The third kappa shape index (κ3) is 3.60. The van der Waals surface area contributed by atoms with E-state index in [9.17, 15) is 19.6 Å². The van der Waals surface area contributed by atoms with Crippen molar-refractivity contribution in [3.63, 3.8) is 0 Å². The van der Waals surface area contributed by atoms with Gasteiger partial charge in [-0.25, -0.2) is 9.18 Å². The van der Waals surface area contributed by atoms with Crippen LogP contribution in [-0.4, -0.2) is 37.1 Å². The summed E-state index contributed by atoms with van der Waals surface area (Å²) in [6.07, 6.45) is -1.20. The summed E-state index contributed by atoms with van der Waals surface area (Å²) < 4.78 is 26.5. The second-order valence-electron chi connectivity index (χ2n) is 8.64. The van der Waals surface area contributed by atoms with E-state index in [-0.39, 0.29) is 20.7 Å². The highest BCUT2D eigenvalue weighted by Gasteiger charge is 2.38. The molecule has 1 saturated heterocycles. The Kier molecular flexibility index (Phi) is 5.17. The molecule has 0 radical (unpaired) electrons. The Hall–Kier alpha value is -2.15. The predicted molar refractivity (Wildman–Crippen MR) is 108 cm³/mol. The van der Waals surface area contributed by atoms with Gasteiger partial charge in [0.25, 0.3) is 0 Å². The number of hydrogen-bond acceptors (Lipinski definition) is 5. The van der Waals surface area contributed by atoms with E-state index in [2.05, 4.69) is 6.07 Å². The molecule has 1 aromatic carbocycles. The Bertz CT molecular complexity index is 967. The molecule has 1 N–H and O–H groups in total. The topological polar surface area (TPSA) is 82.8 Å². The first-order valence-electron chi connectivity index (χ1n) is 8.87. The maximum Gasteiger partial charge on any atom is 0.494 e. The maximum absolute atomic E-state index is 14.6. The summed E-state index contributed by atoms with van der Waals surface area (Å²) in [5, 5.41) is 20.1. The van der Waals surface area contributed by atoms with Gasteiger partial charge in [0.15, 0.2) is 0 Å². The van der Waals surface area contributed by atoms with Crippen molar-refractivity contribution in [2.45, 2.75) is 40.2 Å². The first kappa shape index (κ1) is 20.6. The molecule has 0 saturated carbocycles. The quantitative estimate of drug-likeness (QED) is 0.767. The standard InChI is InChI=1S/C19H22BFN2O4S/c1-18(2,3)23(17(24)25)16-11(8-22)14-12(6-7-13(21)15(14)28-16)20-26-9-19(4,5)10-27-20/h6-7H,9-10H2,1-5H3,(H,24,25). The van der Waals surface area contributed by atoms with E-state index in [4.69, 9.17) is 9.31 Å². The van der Waals surface area contributed by atoms with Crippen molar-refractivity contribution in [1.29, 1.82) is 5.26 Å². The fourth-order valence-electron chi connectivity index (χ4n) is 3.19. The van der Waals surface area contributed by atoms with Crippen LogP contribution in [0, 0.1) is 22.6 Å². The van der Waals surface area contributed by atoms with Crippen LogP contribution in [0.5, 0.6) is 0 Å². The first-order valence-corrected chi connectivity index (χ1v) is 9.69. The van der Waals surface area contributed by atoms with Crippen molar-refractivity contribution in [2.24, 2.45) is 5.41 Å².